The molecule has 0 fully saturated rings. The number of halogens is 1. The summed E-state index contributed by atoms with van der Waals surface area (Å²) in [7, 11) is 1.62. The Hall–Kier alpha value is -2.56. The lowest BCUT2D eigenvalue weighted by Crippen LogP contribution is -2.40. The molecule has 134 valence electrons. The zero-order chi connectivity index (χ0) is 18.2. The van der Waals surface area contributed by atoms with E-state index in [1.807, 2.05) is 24.3 Å². The summed E-state index contributed by atoms with van der Waals surface area (Å²) in [6, 6.07) is 13.9. The van der Waals surface area contributed by atoms with Crippen molar-refractivity contribution in [2.45, 2.75) is 26.3 Å². The Morgan fingerprint density at radius 1 is 1.12 bits per heavy atom. The van der Waals surface area contributed by atoms with Crippen LogP contribution in [0.15, 0.2) is 48.5 Å². The van der Waals surface area contributed by atoms with Crippen molar-refractivity contribution in [2.24, 2.45) is 5.92 Å². The molecule has 0 aliphatic rings. The number of amides is 2. The second-order valence-corrected chi connectivity index (χ2v) is 6.24. The number of ether oxygens (including phenoxy) is 1. The highest BCUT2D eigenvalue weighted by Crippen LogP contribution is 2.23. The molecule has 0 radical (unpaired) electrons. The fraction of sp³-hybridized carbons (Fsp3) is 0.350. The van der Waals surface area contributed by atoms with Crippen molar-refractivity contribution >= 4 is 6.03 Å². The fourth-order valence-corrected chi connectivity index (χ4v) is 2.65. The smallest absolute Gasteiger partial charge is 0.315 e. The van der Waals surface area contributed by atoms with E-state index in [-0.39, 0.29) is 23.8 Å². The first-order chi connectivity index (χ1) is 12.0. The summed E-state index contributed by atoms with van der Waals surface area (Å²) in [6.07, 6.45) is 0.453. The van der Waals surface area contributed by atoms with E-state index in [4.69, 9.17) is 4.74 Å². The van der Waals surface area contributed by atoms with E-state index in [1.54, 1.807) is 25.3 Å². The van der Waals surface area contributed by atoms with Crippen molar-refractivity contribution in [1.82, 2.24) is 10.6 Å². The predicted molar refractivity (Wildman–Crippen MR) is 97.2 cm³/mol. The first kappa shape index (κ1) is 18.8. The quantitative estimate of drug-likeness (QED) is 0.795. The van der Waals surface area contributed by atoms with Crippen LogP contribution in [0.25, 0.3) is 0 Å². The second kappa shape index (κ2) is 9.06. The highest BCUT2D eigenvalue weighted by Gasteiger charge is 2.18. The van der Waals surface area contributed by atoms with Gasteiger partial charge in [-0.1, -0.05) is 44.2 Å². The summed E-state index contributed by atoms with van der Waals surface area (Å²) < 4.78 is 18.7. The molecule has 25 heavy (non-hydrogen) atoms. The zero-order valence-corrected chi connectivity index (χ0v) is 14.9. The van der Waals surface area contributed by atoms with E-state index >= 15 is 0 Å². The molecule has 2 aromatic carbocycles. The molecule has 1 unspecified atom stereocenters. The molecule has 5 heteroatoms. The van der Waals surface area contributed by atoms with Gasteiger partial charge in [-0.3, -0.25) is 0 Å². The molecule has 0 bridgehead atoms. The molecule has 2 N–H and O–H groups in total. The highest BCUT2D eigenvalue weighted by atomic mass is 19.1. The summed E-state index contributed by atoms with van der Waals surface area (Å²) in [5, 5.41) is 5.78. The lowest BCUT2D eigenvalue weighted by atomic mass is 9.96. The molecular weight excluding hydrogens is 319 g/mol. The van der Waals surface area contributed by atoms with Crippen molar-refractivity contribution in [2.75, 3.05) is 13.7 Å². The van der Waals surface area contributed by atoms with Gasteiger partial charge in [0.2, 0.25) is 0 Å². The van der Waals surface area contributed by atoms with Gasteiger partial charge in [-0.25, -0.2) is 9.18 Å². The third-order valence-electron chi connectivity index (χ3n) is 4.07. The van der Waals surface area contributed by atoms with Gasteiger partial charge in [-0.2, -0.15) is 0 Å². The Morgan fingerprint density at radius 2 is 1.80 bits per heavy atom. The minimum atomic E-state index is -0.258. The van der Waals surface area contributed by atoms with Crippen LogP contribution in [0.4, 0.5) is 9.18 Å². The van der Waals surface area contributed by atoms with Gasteiger partial charge in [-0.15, -0.1) is 0 Å². The van der Waals surface area contributed by atoms with Crippen LogP contribution < -0.4 is 15.4 Å². The number of urea groups is 1. The average Bonchev–Trinajstić information content (AvgIpc) is 2.61. The number of hydrogen-bond donors (Lipinski definition) is 2. The summed E-state index contributed by atoms with van der Waals surface area (Å²) >= 11 is 0. The van der Waals surface area contributed by atoms with Crippen LogP contribution in [0.3, 0.4) is 0 Å². The summed E-state index contributed by atoms with van der Waals surface area (Å²) in [5.41, 5.74) is 1.61. The molecule has 0 spiro atoms. The normalized spacial score (nSPS) is 11.9. The van der Waals surface area contributed by atoms with Crippen LogP contribution in [0.2, 0.25) is 0 Å². The molecule has 2 amide bonds. The van der Waals surface area contributed by atoms with Crippen molar-refractivity contribution in [1.29, 1.82) is 0 Å². The molecule has 0 aromatic heterocycles. The van der Waals surface area contributed by atoms with E-state index in [0.717, 1.165) is 11.3 Å². The minimum absolute atomic E-state index is 0.112. The number of nitrogens with one attached hydrogen (secondary N) is 2. The highest BCUT2D eigenvalue weighted by molar-refractivity contribution is 5.74. The minimum Gasteiger partial charge on any atom is -0.497 e. The number of benzene rings is 2. The van der Waals surface area contributed by atoms with E-state index in [2.05, 4.69) is 24.5 Å². The summed E-state index contributed by atoms with van der Waals surface area (Å²) in [6.45, 7) is 4.48. The number of carbonyl (C=O) groups is 1. The Morgan fingerprint density at radius 3 is 2.40 bits per heavy atom. The molecule has 0 heterocycles. The maximum atomic E-state index is 13.6. The Labute approximate surface area is 148 Å². The Balaban J connectivity index is 1.90. The van der Waals surface area contributed by atoms with Crippen molar-refractivity contribution in [3.8, 4) is 5.75 Å². The van der Waals surface area contributed by atoms with Gasteiger partial charge in [-0.05, 0) is 41.7 Å². The maximum absolute atomic E-state index is 13.6. The summed E-state index contributed by atoms with van der Waals surface area (Å²) in [4.78, 5) is 12.2. The van der Waals surface area contributed by atoms with Gasteiger partial charge in [0.05, 0.1) is 13.2 Å². The van der Waals surface area contributed by atoms with Gasteiger partial charge >= 0.3 is 6.03 Å². The number of methoxy groups -OCH3 is 1. The van der Waals surface area contributed by atoms with Crippen LogP contribution in [-0.2, 0) is 6.42 Å². The van der Waals surface area contributed by atoms with Gasteiger partial charge in [0, 0.05) is 6.54 Å². The molecule has 0 aliphatic heterocycles. The van der Waals surface area contributed by atoms with Crippen LogP contribution in [0.1, 0.15) is 31.0 Å². The molecular formula is C20H25FN2O2. The molecule has 0 saturated heterocycles. The SMILES string of the molecule is COc1ccc(C(NC(=O)NCCc2ccccc2F)C(C)C)cc1. The topological polar surface area (TPSA) is 50.4 Å². The van der Waals surface area contributed by atoms with E-state index in [0.29, 0.717) is 18.5 Å². The molecule has 2 rings (SSSR count). The predicted octanol–water partition coefficient (Wildman–Crippen LogP) is 4.07. The van der Waals surface area contributed by atoms with Crippen LogP contribution >= 0.6 is 0 Å². The van der Waals surface area contributed by atoms with E-state index < -0.39 is 0 Å². The van der Waals surface area contributed by atoms with Crippen LogP contribution in [0, 0.1) is 11.7 Å². The van der Waals surface area contributed by atoms with Crippen LogP contribution in [0.5, 0.6) is 5.75 Å². The fourth-order valence-electron chi connectivity index (χ4n) is 2.65. The lowest BCUT2D eigenvalue weighted by molar-refractivity contribution is 0.233. The standard InChI is InChI=1S/C20H25FN2O2/c1-14(2)19(16-8-10-17(25-3)11-9-16)23-20(24)22-13-12-15-6-4-5-7-18(15)21/h4-11,14,19H,12-13H2,1-3H3,(H2,22,23,24). The Kier molecular flexibility index (Phi) is 6.81. The first-order valence-corrected chi connectivity index (χ1v) is 8.43. The number of carbonyl (C=O) groups excluding carboxylic acids is 1. The van der Waals surface area contributed by atoms with Gasteiger partial charge in [0.25, 0.3) is 0 Å². The van der Waals surface area contributed by atoms with E-state index in [9.17, 15) is 9.18 Å². The molecule has 2 aromatic rings. The second-order valence-electron chi connectivity index (χ2n) is 6.24. The summed E-state index contributed by atoms with van der Waals surface area (Å²) in [5.74, 6) is 0.759. The van der Waals surface area contributed by atoms with Crippen molar-refractivity contribution in [3.05, 3.63) is 65.5 Å². The third kappa shape index (κ3) is 5.48. The van der Waals surface area contributed by atoms with Crippen molar-refractivity contribution in [3.63, 3.8) is 0 Å². The van der Waals surface area contributed by atoms with Crippen molar-refractivity contribution < 1.29 is 13.9 Å². The molecule has 0 saturated carbocycles. The van der Waals surface area contributed by atoms with Gasteiger partial charge in [0.1, 0.15) is 11.6 Å². The van der Waals surface area contributed by atoms with Gasteiger partial charge in [0.15, 0.2) is 0 Å². The maximum Gasteiger partial charge on any atom is 0.315 e. The van der Waals surface area contributed by atoms with Crippen LogP contribution in [-0.4, -0.2) is 19.7 Å². The third-order valence-corrected chi connectivity index (χ3v) is 4.07. The lowest BCUT2D eigenvalue weighted by Gasteiger charge is -2.23. The number of rotatable bonds is 7. The number of hydrogen-bond acceptors (Lipinski definition) is 2. The largest absolute Gasteiger partial charge is 0.497 e. The van der Waals surface area contributed by atoms with Gasteiger partial charge < -0.3 is 15.4 Å². The first-order valence-electron chi connectivity index (χ1n) is 8.43. The van der Waals surface area contributed by atoms with E-state index in [1.165, 1.54) is 6.07 Å². The zero-order valence-electron chi connectivity index (χ0n) is 14.9. The molecule has 1 atom stereocenters. The average molecular weight is 344 g/mol. The molecule has 0 aliphatic carbocycles. The molecule has 4 nitrogen and oxygen atoms in total. The Bertz CT molecular complexity index is 686. The monoisotopic (exact) mass is 344 g/mol.